The third-order valence-electron chi connectivity index (χ3n) is 2.40. The van der Waals surface area contributed by atoms with Crippen LogP contribution in [-0.2, 0) is 14.4 Å². The third kappa shape index (κ3) is 1.90. The van der Waals surface area contributed by atoms with Crippen LogP contribution in [0.3, 0.4) is 0 Å². The topological polar surface area (TPSA) is 112 Å². The molecule has 3 unspecified atom stereocenters. The van der Waals surface area contributed by atoms with E-state index >= 15 is 0 Å². The molecule has 1 aliphatic carbocycles. The summed E-state index contributed by atoms with van der Waals surface area (Å²) in [4.78, 5) is 32.0. The van der Waals surface area contributed by atoms with Gasteiger partial charge in [-0.25, -0.2) is 4.79 Å². The summed E-state index contributed by atoms with van der Waals surface area (Å²) in [5, 5.41) is 26.2. The Morgan fingerprint density at radius 2 is 1.50 bits per heavy atom. The number of ketones is 1. The molecule has 3 atom stereocenters. The van der Waals surface area contributed by atoms with E-state index in [0.717, 1.165) is 0 Å². The first kappa shape index (κ1) is 10.6. The van der Waals surface area contributed by atoms with Gasteiger partial charge in [-0.1, -0.05) is 0 Å². The fourth-order valence-electron chi connectivity index (χ4n) is 1.73. The van der Waals surface area contributed by atoms with E-state index in [4.69, 9.17) is 15.3 Å². The number of aliphatic hydroxyl groups excluding tert-OH is 1. The highest BCUT2D eigenvalue weighted by Crippen LogP contribution is 2.32. The molecule has 0 aromatic carbocycles. The molecule has 6 nitrogen and oxygen atoms in total. The monoisotopic (exact) mass is 202 g/mol. The summed E-state index contributed by atoms with van der Waals surface area (Å²) >= 11 is 0. The number of carboxylic acid groups (broad SMARTS) is 2. The normalized spacial score (nSPS) is 31.4. The fourth-order valence-corrected chi connectivity index (χ4v) is 1.73. The summed E-state index contributed by atoms with van der Waals surface area (Å²) in [6.07, 6.45) is -1.04. The standard InChI is InChI=1S/C8H10O6/c9-3-1-4(6(10)8(13)14)5(2-3)7(11)12/h3-5,9H,1-2H2,(H,11,12)(H,13,14). The molecule has 6 heteroatoms. The zero-order valence-corrected chi connectivity index (χ0v) is 7.21. The SMILES string of the molecule is O=C(O)C(=O)C1CC(O)CC1C(=O)O. The Kier molecular flexibility index (Phi) is 2.85. The van der Waals surface area contributed by atoms with Crippen molar-refractivity contribution in [3.05, 3.63) is 0 Å². The Hall–Kier alpha value is -1.43. The Labute approximate surface area is 79.2 Å². The van der Waals surface area contributed by atoms with Crippen molar-refractivity contribution in [3.8, 4) is 0 Å². The predicted octanol–water partition coefficient (Wildman–Crippen LogP) is -0.888. The molecule has 1 rings (SSSR count). The van der Waals surface area contributed by atoms with Crippen LogP contribution in [0, 0.1) is 11.8 Å². The summed E-state index contributed by atoms with van der Waals surface area (Å²) in [7, 11) is 0. The number of carbonyl (C=O) groups is 3. The molecule has 78 valence electrons. The van der Waals surface area contributed by atoms with Crippen molar-refractivity contribution in [1.82, 2.24) is 0 Å². The number of carboxylic acids is 2. The molecule has 0 saturated heterocycles. The quantitative estimate of drug-likeness (QED) is 0.512. The van der Waals surface area contributed by atoms with Crippen molar-refractivity contribution in [2.45, 2.75) is 18.9 Å². The van der Waals surface area contributed by atoms with Gasteiger partial charge in [0.05, 0.1) is 12.0 Å². The highest BCUT2D eigenvalue weighted by atomic mass is 16.4. The highest BCUT2D eigenvalue weighted by molar-refractivity contribution is 6.34. The Morgan fingerprint density at radius 3 is 1.93 bits per heavy atom. The molecule has 1 saturated carbocycles. The molecule has 3 N–H and O–H groups in total. The van der Waals surface area contributed by atoms with Gasteiger partial charge in [0.15, 0.2) is 0 Å². The van der Waals surface area contributed by atoms with Gasteiger partial charge in [-0.05, 0) is 12.8 Å². The number of hydrogen-bond donors (Lipinski definition) is 3. The van der Waals surface area contributed by atoms with Crippen LogP contribution in [0.15, 0.2) is 0 Å². The van der Waals surface area contributed by atoms with Crippen molar-refractivity contribution in [2.75, 3.05) is 0 Å². The molecule has 0 spiro atoms. The molecule has 0 radical (unpaired) electrons. The second-order valence-electron chi connectivity index (χ2n) is 3.35. The van der Waals surface area contributed by atoms with Crippen molar-refractivity contribution in [1.29, 1.82) is 0 Å². The molecule has 1 aliphatic rings. The minimum absolute atomic E-state index is 0.0565. The van der Waals surface area contributed by atoms with Crippen LogP contribution in [0.1, 0.15) is 12.8 Å². The van der Waals surface area contributed by atoms with Gasteiger partial charge in [-0.15, -0.1) is 0 Å². The summed E-state index contributed by atoms with van der Waals surface area (Å²) in [5.74, 6) is -6.18. The first-order chi connectivity index (χ1) is 6.43. The third-order valence-corrected chi connectivity index (χ3v) is 2.40. The van der Waals surface area contributed by atoms with Gasteiger partial charge in [0.1, 0.15) is 0 Å². The number of aliphatic hydroxyl groups is 1. The van der Waals surface area contributed by atoms with Gasteiger partial charge < -0.3 is 15.3 Å². The Balaban J connectivity index is 2.81. The number of hydrogen-bond acceptors (Lipinski definition) is 4. The maximum atomic E-state index is 11.0. The molecule has 14 heavy (non-hydrogen) atoms. The summed E-state index contributed by atoms with van der Waals surface area (Å²) < 4.78 is 0. The first-order valence-corrected chi connectivity index (χ1v) is 4.11. The van der Waals surface area contributed by atoms with Gasteiger partial charge in [-0.2, -0.15) is 0 Å². The smallest absolute Gasteiger partial charge is 0.372 e. The zero-order chi connectivity index (χ0) is 10.9. The van der Waals surface area contributed by atoms with Crippen LogP contribution < -0.4 is 0 Å². The van der Waals surface area contributed by atoms with Gasteiger partial charge in [-0.3, -0.25) is 9.59 Å². The lowest BCUT2D eigenvalue weighted by Gasteiger charge is -2.10. The largest absolute Gasteiger partial charge is 0.481 e. The minimum Gasteiger partial charge on any atom is -0.481 e. The van der Waals surface area contributed by atoms with Crippen LogP contribution in [-0.4, -0.2) is 39.1 Å². The van der Waals surface area contributed by atoms with E-state index in [-0.39, 0.29) is 12.8 Å². The summed E-state index contributed by atoms with van der Waals surface area (Å²) in [6.45, 7) is 0. The first-order valence-electron chi connectivity index (χ1n) is 4.11. The van der Waals surface area contributed by atoms with Crippen molar-refractivity contribution in [2.24, 2.45) is 11.8 Å². The fraction of sp³-hybridized carbons (Fsp3) is 0.625. The van der Waals surface area contributed by atoms with Crippen molar-refractivity contribution < 1.29 is 29.7 Å². The molecule has 0 heterocycles. The molecule has 0 aromatic heterocycles. The lowest BCUT2D eigenvalue weighted by Crippen LogP contribution is -2.30. The zero-order valence-electron chi connectivity index (χ0n) is 7.21. The van der Waals surface area contributed by atoms with E-state index < -0.39 is 35.7 Å². The summed E-state index contributed by atoms with van der Waals surface area (Å²) in [6, 6.07) is 0. The van der Waals surface area contributed by atoms with Crippen LogP contribution in [0.25, 0.3) is 0 Å². The van der Waals surface area contributed by atoms with Crippen molar-refractivity contribution in [3.63, 3.8) is 0 Å². The Bertz CT molecular complexity index is 284. The number of rotatable bonds is 3. The van der Waals surface area contributed by atoms with E-state index in [9.17, 15) is 14.4 Å². The summed E-state index contributed by atoms with van der Waals surface area (Å²) in [5.41, 5.74) is 0. The van der Waals surface area contributed by atoms with Gasteiger partial charge >= 0.3 is 11.9 Å². The molecule has 1 fully saturated rings. The maximum absolute atomic E-state index is 11.0. The molecular weight excluding hydrogens is 192 g/mol. The van der Waals surface area contributed by atoms with Crippen molar-refractivity contribution >= 4 is 17.7 Å². The van der Waals surface area contributed by atoms with E-state index in [1.54, 1.807) is 0 Å². The lowest BCUT2D eigenvalue weighted by molar-refractivity contribution is -0.154. The van der Waals surface area contributed by atoms with Crippen LogP contribution in [0.5, 0.6) is 0 Å². The molecule has 0 aliphatic heterocycles. The van der Waals surface area contributed by atoms with Gasteiger partial charge in [0.2, 0.25) is 5.78 Å². The maximum Gasteiger partial charge on any atom is 0.372 e. The van der Waals surface area contributed by atoms with E-state index in [0.29, 0.717) is 0 Å². The molecule has 0 amide bonds. The van der Waals surface area contributed by atoms with Crippen LogP contribution in [0.4, 0.5) is 0 Å². The molecule has 0 aromatic rings. The molecular formula is C8H10O6. The second-order valence-corrected chi connectivity index (χ2v) is 3.35. The predicted molar refractivity (Wildman–Crippen MR) is 42.5 cm³/mol. The van der Waals surface area contributed by atoms with Gasteiger partial charge in [0.25, 0.3) is 0 Å². The average Bonchev–Trinajstić information content (AvgIpc) is 2.45. The number of aliphatic carboxylic acids is 2. The van der Waals surface area contributed by atoms with Crippen LogP contribution in [0.2, 0.25) is 0 Å². The Morgan fingerprint density at radius 1 is 1.00 bits per heavy atom. The van der Waals surface area contributed by atoms with E-state index in [2.05, 4.69) is 0 Å². The molecule has 0 bridgehead atoms. The average molecular weight is 202 g/mol. The number of Topliss-reactive ketones (excluding diaryl/α,β-unsaturated/α-hetero) is 1. The van der Waals surface area contributed by atoms with Gasteiger partial charge in [0, 0.05) is 5.92 Å². The minimum atomic E-state index is -1.64. The second kappa shape index (κ2) is 3.75. The highest BCUT2D eigenvalue weighted by Gasteiger charge is 2.44. The van der Waals surface area contributed by atoms with Crippen LogP contribution >= 0.6 is 0 Å². The lowest BCUT2D eigenvalue weighted by atomic mass is 9.92. The van der Waals surface area contributed by atoms with E-state index in [1.807, 2.05) is 0 Å². The van der Waals surface area contributed by atoms with E-state index in [1.165, 1.54) is 0 Å². The number of carbonyl (C=O) groups excluding carboxylic acids is 1.